The molecule has 0 saturated heterocycles. The second-order valence-electron chi connectivity index (χ2n) is 8.76. The Labute approximate surface area is 208 Å². The number of halogens is 2. The van der Waals surface area contributed by atoms with Crippen LogP contribution in [0.25, 0.3) is 10.9 Å². The average Bonchev–Trinajstić information content (AvgIpc) is 3.19. The minimum atomic E-state index is -1.00. The number of esters is 2. The molecule has 0 aliphatic heterocycles. The van der Waals surface area contributed by atoms with E-state index in [-0.39, 0.29) is 19.1 Å². The molecule has 0 aliphatic carbocycles. The zero-order valence-corrected chi connectivity index (χ0v) is 20.4. The summed E-state index contributed by atoms with van der Waals surface area (Å²) >= 11 is 0. The zero-order valence-electron chi connectivity index (χ0n) is 20.4. The predicted octanol–water partition coefficient (Wildman–Crippen LogP) is 6.62. The Bertz CT molecular complexity index is 1410. The van der Waals surface area contributed by atoms with Crippen molar-refractivity contribution in [2.24, 2.45) is 0 Å². The molecule has 0 spiro atoms. The first-order valence-corrected chi connectivity index (χ1v) is 11.8. The van der Waals surface area contributed by atoms with Crippen molar-refractivity contribution >= 4 is 22.8 Å². The molecule has 4 rings (SSSR count). The molecule has 1 heterocycles. The van der Waals surface area contributed by atoms with Crippen LogP contribution in [0.5, 0.6) is 0 Å². The number of hydrogen-bond acceptors (Lipinski definition) is 4. The fourth-order valence-corrected chi connectivity index (χ4v) is 4.31. The molecular weight excluding hydrogens is 464 g/mol. The number of carbonyl (C=O) groups excluding carboxylic acids is 2. The fraction of sp³-hybridized carbons (Fsp3) is 0.241. The Morgan fingerprint density at radius 2 is 1.61 bits per heavy atom. The van der Waals surface area contributed by atoms with Crippen LogP contribution in [-0.2, 0) is 22.6 Å². The molecule has 0 unspecified atom stereocenters. The lowest BCUT2D eigenvalue weighted by molar-refractivity contribution is 0.0471. The quantitative estimate of drug-likeness (QED) is 0.260. The normalized spacial score (nSPS) is 11.2. The van der Waals surface area contributed by atoms with Gasteiger partial charge in [0.2, 0.25) is 0 Å². The summed E-state index contributed by atoms with van der Waals surface area (Å²) < 4.78 is 39.6. The van der Waals surface area contributed by atoms with E-state index in [1.807, 2.05) is 48.7 Å². The van der Waals surface area contributed by atoms with Gasteiger partial charge in [-0.3, -0.25) is 0 Å². The van der Waals surface area contributed by atoms with E-state index in [1.165, 1.54) is 6.07 Å². The van der Waals surface area contributed by atoms with Crippen molar-refractivity contribution in [2.75, 3.05) is 6.61 Å². The van der Waals surface area contributed by atoms with Gasteiger partial charge in [-0.25, -0.2) is 18.4 Å². The summed E-state index contributed by atoms with van der Waals surface area (Å²) in [5.74, 6) is -3.05. The van der Waals surface area contributed by atoms with Crippen molar-refractivity contribution in [1.29, 1.82) is 0 Å². The van der Waals surface area contributed by atoms with Crippen molar-refractivity contribution < 1.29 is 27.8 Å². The monoisotopic (exact) mass is 491 g/mol. The van der Waals surface area contributed by atoms with Crippen molar-refractivity contribution in [3.8, 4) is 0 Å². The molecule has 0 amide bonds. The van der Waals surface area contributed by atoms with E-state index in [1.54, 1.807) is 25.1 Å². The second kappa shape index (κ2) is 10.7. The summed E-state index contributed by atoms with van der Waals surface area (Å²) in [6, 6.07) is 18.3. The number of nitrogens with zero attached hydrogens (tertiary/aromatic N) is 1. The van der Waals surface area contributed by atoms with Crippen LogP contribution in [0.2, 0.25) is 0 Å². The standard InChI is InChI=1S/C29H27F2NO4/c1-4-35-28(33)21-11-12-22-25(15-21)32(16-19-8-6-5-7-9-19)27(18(2)3)26(22)29(34)36-17-20-10-13-23(30)24(31)14-20/h5-15,18H,4,16-17H2,1-3H3. The van der Waals surface area contributed by atoms with Gasteiger partial charge in [0.25, 0.3) is 0 Å². The van der Waals surface area contributed by atoms with Crippen LogP contribution < -0.4 is 0 Å². The van der Waals surface area contributed by atoms with Crippen molar-refractivity contribution in [2.45, 2.75) is 39.8 Å². The molecule has 3 aromatic carbocycles. The van der Waals surface area contributed by atoms with Gasteiger partial charge in [-0.15, -0.1) is 0 Å². The maximum Gasteiger partial charge on any atom is 0.340 e. The number of ether oxygens (including phenoxy) is 2. The minimum absolute atomic E-state index is 0.0574. The van der Waals surface area contributed by atoms with E-state index < -0.39 is 23.6 Å². The molecule has 0 fully saturated rings. The van der Waals surface area contributed by atoms with E-state index in [0.717, 1.165) is 23.4 Å². The third kappa shape index (κ3) is 5.15. The van der Waals surface area contributed by atoms with Crippen LogP contribution >= 0.6 is 0 Å². The molecule has 0 N–H and O–H groups in total. The molecule has 0 radical (unpaired) electrons. The number of benzene rings is 3. The fourth-order valence-electron chi connectivity index (χ4n) is 4.31. The molecule has 1 aromatic heterocycles. The molecule has 0 saturated carbocycles. The summed E-state index contributed by atoms with van der Waals surface area (Å²) in [6.07, 6.45) is 0. The van der Waals surface area contributed by atoms with Crippen molar-refractivity contribution in [3.63, 3.8) is 0 Å². The highest BCUT2D eigenvalue weighted by molar-refractivity contribution is 6.07. The lowest BCUT2D eigenvalue weighted by atomic mass is 10.0. The summed E-state index contributed by atoms with van der Waals surface area (Å²) in [6.45, 7) is 6.23. The van der Waals surface area contributed by atoms with Crippen molar-refractivity contribution in [1.82, 2.24) is 4.57 Å². The highest BCUT2D eigenvalue weighted by Gasteiger charge is 2.27. The van der Waals surface area contributed by atoms with Gasteiger partial charge in [-0.05, 0) is 48.2 Å². The summed E-state index contributed by atoms with van der Waals surface area (Å²) in [5, 5.41) is 0.637. The van der Waals surface area contributed by atoms with Gasteiger partial charge in [0.1, 0.15) is 6.61 Å². The third-order valence-corrected chi connectivity index (χ3v) is 5.90. The van der Waals surface area contributed by atoms with Gasteiger partial charge < -0.3 is 14.0 Å². The predicted molar refractivity (Wildman–Crippen MR) is 133 cm³/mol. The number of rotatable bonds is 8. The van der Waals surface area contributed by atoms with E-state index in [4.69, 9.17) is 9.47 Å². The molecular formula is C29H27F2NO4. The maximum atomic E-state index is 13.6. The largest absolute Gasteiger partial charge is 0.462 e. The highest BCUT2D eigenvalue weighted by Crippen LogP contribution is 2.34. The maximum absolute atomic E-state index is 13.6. The molecule has 0 atom stereocenters. The van der Waals surface area contributed by atoms with Gasteiger partial charge in [0, 0.05) is 17.6 Å². The van der Waals surface area contributed by atoms with Crippen molar-refractivity contribution in [3.05, 3.63) is 106 Å². The van der Waals surface area contributed by atoms with Gasteiger partial charge in [-0.1, -0.05) is 56.3 Å². The topological polar surface area (TPSA) is 57.5 Å². The first kappa shape index (κ1) is 25.1. The van der Waals surface area contributed by atoms with E-state index in [2.05, 4.69) is 0 Å². The summed E-state index contributed by atoms with van der Waals surface area (Å²) in [7, 11) is 0. The lowest BCUT2D eigenvalue weighted by Gasteiger charge is -2.15. The van der Waals surface area contributed by atoms with Crippen LogP contribution in [0.4, 0.5) is 8.78 Å². The van der Waals surface area contributed by atoms with Crippen LogP contribution in [0.3, 0.4) is 0 Å². The number of hydrogen-bond donors (Lipinski definition) is 0. The molecule has 5 nitrogen and oxygen atoms in total. The van der Waals surface area contributed by atoms with Gasteiger partial charge in [-0.2, -0.15) is 0 Å². The Hall–Kier alpha value is -4.00. The summed E-state index contributed by atoms with van der Waals surface area (Å²) in [4.78, 5) is 25.8. The Morgan fingerprint density at radius 3 is 2.28 bits per heavy atom. The number of carbonyl (C=O) groups is 2. The molecule has 4 aromatic rings. The molecule has 186 valence electrons. The first-order valence-electron chi connectivity index (χ1n) is 11.8. The molecule has 36 heavy (non-hydrogen) atoms. The van der Waals surface area contributed by atoms with Gasteiger partial charge >= 0.3 is 11.9 Å². The Balaban J connectivity index is 1.81. The van der Waals surface area contributed by atoms with E-state index >= 15 is 0 Å². The number of fused-ring (bicyclic) bond motifs is 1. The van der Waals surface area contributed by atoms with E-state index in [0.29, 0.717) is 34.1 Å². The zero-order chi connectivity index (χ0) is 25.8. The van der Waals surface area contributed by atoms with Crippen LogP contribution in [0.15, 0.2) is 66.7 Å². The van der Waals surface area contributed by atoms with Gasteiger partial charge in [0.15, 0.2) is 11.6 Å². The lowest BCUT2D eigenvalue weighted by Crippen LogP contribution is -2.12. The summed E-state index contributed by atoms with van der Waals surface area (Å²) in [5.41, 5.74) is 3.59. The smallest absolute Gasteiger partial charge is 0.340 e. The second-order valence-corrected chi connectivity index (χ2v) is 8.76. The Kier molecular flexibility index (Phi) is 7.48. The van der Waals surface area contributed by atoms with Crippen LogP contribution in [-0.4, -0.2) is 23.1 Å². The SMILES string of the molecule is CCOC(=O)c1ccc2c(C(=O)OCc3ccc(F)c(F)c3)c(C(C)C)n(Cc3ccccc3)c2c1. The highest BCUT2D eigenvalue weighted by atomic mass is 19.2. The Morgan fingerprint density at radius 1 is 0.861 bits per heavy atom. The number of aromatic nitrogens is 1. The first-order chi connectivity index (χ1) is 17.3. The minimum Gasteiger partial charge on any atom is -0.462 e. The molecule has 0 bridgehead atoms. The third-order valence-electron chi connectivity index (χ3n) is 5.90. The molecule has 7 heteroatoms. The van der Waals surface area contributed by atoms with Crippen LogP contribution in [0, 0.1) is 11.6 Å². The van der Waals surface area contributed by atoms with Gasteiger partial charge in [0.05, 0.1) is 23.3 Å². The average molecular weight is 492 g/mol. The molecule has 0 aliphatic rings. The van der Waals surface area contributed by atoms with Crippen LogP contribution in [0.1, 0.15) is 64.2 Å². The van der Waals surface area contributed by atoms with E-state index in [9.17, 15) is 18.4 Å².